The average molecular weight is 210 g/mol. The number of fused-ring (bicyclic) bond motifs is 1. The summed E-state index contributed by atoms with van der Waals surface area (Å²) in [6, 6.07) is 7.88. The normalized spacial score (nSPS) is 13.4. The summed E-state index contributed by atoms with van der Waals surface area (Å²) in [7, 11) is 1.90. The van der Waals surface area contributed by atoms with Gasteiger partial charge in [-0.05, 0) is 13.0 Å². The molecule has 0 aliphatic carbocycles. The minimum atomic E-state index is -0.534. The van der Waals surface area contributed by atoms with Crippen LogP contribution in [-0.2, 0) is 7.05 Å². The van der Waals surface area contributed by atoms with Crippen LogP contribution in [0.3, 0.4) is 0 Å². The zero-order valence-corrected chi connectivity index (χ0v) is 8.92. The van der Waals surface area contributed by atoms with Crippen LogP contribution in [0.5, 0.6) is 0 Å². The predicted molar refractivity (Wildman–Crippen MR) is 58.6 cm³/mol. The van der Waals surface area contributed by atoms with Gasteiger partial charge in [-0.3, -0.25) is 0 Å². The summed E-state index contributed by atoms with van der Waals surface area (Å²) in [5, 5.41) is 11.3. The minimum Gasteiger partial charge on any atom is -0.389 e. The fraction of sp³-hybridized carbons (Fsp3) is 0.273. The molecule has 1 atom stereocenters. The lowest BCUT2D eigenvalue weighted by molar-refractivity contribution is 0.201. The Kier molecular flexibility index (Phi) is 2.25. The lowest BCUT2D eigenvalue weighted by atomic mass is 10.1. The van der Waals surface area contributed by atoms with Gasteiger partial charge in [0.1, 0.15) is 5.15 Å². The molecular weight excluding hydrogens is 198 g/mol. The smallest absolute Gasteiger partial charge is 0.115 e. The van der Waals surface area contributed by atoms with Crippen molar-refractivity contribution in [2.75, 3.05) is 0 Å². The van der Waals surface area contributed by atoms with Crippen molar-refractivity contribution < 1.29 is 5.11 Å². The molecule has 2 aromatic rings. The molecule has 3 heteroatoms. The summed E-state index contributed by atoms with van der Waals surface area (Å²) in [5.41, 5.74) is 1.86. The number of nitrogens with zero attached hydrogens (tertiary/aromatic N) is 1. The van der Waals surface area contributed by atoms with E-state index >= 15 is 0 Å². The van der Waals surface area contributed by atoms with E-state index in [1.807, 2.05) is 35.9 Å². The largest absolute Gasteiger partial charge is 0.389 e. The minimum absolute atomic E-state index is 0.534. The first kappa shape index (κ1) is 9.56. The molecule has 0 aliphatic rings. The number of para-hydroxylation sites is 1. The molecule has 1 aromatic carbocycles. The number of hydrogen-bond acceptors (Lipinski definition) is 1. The highest BCUT2D eigenvalue weighted by molar-refractivity contribution is 6.32. The molecule has 0 amide bonds. The molecule has 0 saturated carbocycles. The van der Waals surface area contributed by atoms with Gasteiger partial charge in [-0.1, -0.05) is 29.8 Å². The van der Waals surface area contributed by atoms with Gasteiger partial charge in [-0.15, -0.1) is 0 Å². The van der Waals surface area contributed by atoms with E-state index in [0.717, 1.165) is 16.5 Å². The number of rotatable bonds is 1. The molecular formula is C11H12ClNO. The molecule has 0 bridgehead atoms. The Morgan fingerprint density at radius 3 is 2.64 bits per heavy atom. The van der Waals surface area contributed by atoms with Crippen molar-refractivity contribution in [2.45, 2.75) is 13.0 Å². The first-order chi connectivity index (χ1) is 6.63. The standard InChI is InChI=1S/C11H12ClNO/c1-7(14)10-8-5-3-4-6-9(8)13(2)11(10)12/h3-7,14H,1-2H3. The van der Waals surface area contributed by atoms with Crippen LogP contribution in [0, 0.1) is 0 Å². The van der Waals surface area contributed by atoms with Crippen LogP contribution >= 0.6 is 11.6 Å². The first-order valence-electron chi connectivity index (χ1n) is 4.53. The monoisotopic (exact) mass is 209 g/mol. The SMILES string of the molecule is CC(O)c1c(Cl)n(C)c2ccccc12. The van der Waals surface area contributed by atoms with Gasteiger partial charge in [0.15, 0.2) is 0 Å². The third-order valence-electron chi connectivity index (χ3n) is 2.49. The molecule has 0 radical (unpaired) electrons. The Hall–Kier alpha value is -0.990. The molecule has 74 valence electrons. The fourth-order valence-electron chi connectivity index (χ4n) is 1.79. The van der Waals surface area contributed by atoms with Gasteiger partial charge in [0.2, 0.25) is 0 Å². The molecule has 1 heterocycles. The van der Waals surface area contributed by atoms with E-state index in [1.165, 1.54) is 0 Å². The van der Waals surface area contributed by atoms with Crippen molar-refractivity contribution in [3.63, 3.8) is 0 Å². The van der Waals surface area contributed by atoms with Crippen LogP contribution in [0.4, 0.5) is 0 Å². The maximum atomic E-state index is 9.62. The highest BCUT2D eigenvalue weighted by atomic mass is 35.5. The molecule has 0 saturated heterocycles. The van der Waals surface area contributed by atoms with Crippen LogP contribution in [-0.4, -0.2) is 9.67 Å². The summed E-state index contributed by atoms with van der Waals surface area (Å²) in [5.74, 6) is 0. The molecule has 1 unspecified atom stereocenters. The second-order valence-electron chi connectivity index (χ2n) is 3.46. The van der Waals surface area contributed by atoms with Gasteiger partial charge in [-0.2, -0.15) is 0 Å². The van der Waals surface area contributed by atoms with Crippen molar-refractivity contribution in [2.24, 2.45) is 7.05 Å². The number of aliphatic hydroxyl groups is 1. The second-order valence-corrected chi connectivity index (χ2v) is 3.81. The number of aliphatic hydroxyl groups excluding tert-OH is 1. The van der Waals surface area contributed by atoms with E-state index in [9.17, 15) is 5.11 Å². The van der Waals surface area contributed by atoms with E-state index in [0.29, 0.717) is 5.15 Å². The number of halogens is 1. The van der Waals surface area contributed by atoms with Gasteiger partial charge >= 0.3 is 0 Å². The van der Waals surface area contributed by atoms with Crippen molar-refractivity contribution in [3.05, 3.63) is 35.0 Å². The second kappa shape index (κ2) is 3.30. The van der Waals surface area contributed by atoms with Crippen molar-refractivity contribution >= 4 is 22.5 Å². The van der Waals surface area contributed by atoms with E-state index in [-0.39, 0.29) is 0 Å². The lowest BCUT2D eigenvalue weighted by Crippen LogP contribution is -1.91. The van der Waals surface area contributed by atoms with Crippen LogP contribution < -0.4 is 0 Å². The summed E-state index contributed by atoms with van der Waals surface area (Å²) < 4.78 is 1.89. The molecule has 2 nitrogen and oxygen atoms in total. The zero-order chi connectivity index (χ0) is 10.3. The van der Waals surface area contributed by atoms with Gasteiger partial charge in [0.05, 0.1) is 6.10 Å². The third-order valence-corrected chi connectivity index (χ3v) is 2.95. The molecule has 14 heavy (non-hydrogen) atoms. The lowest BCUT2D eigenvalue weighted by Gasteiger charge is -2.02. The van der Waals surface area contributed by atoms with Gasteiger partial charge in [-0.25, -0.2) is 0 Å². The van der Waals surface area contributed by atoms with Crippen LogP contribution in [0.1, 0.15) is 18.6 Å². The number of hydrogen-bond donors (Lipinski definition) is 1. The van der Waals surface area contributed by atoms with E-state index in [2.05, 4.69) is 0 Å². The summed E-state index contributed by atoms with van der Waals surface area (Å²) in [6.45, 7) is 1.73. The maximum Gasteiger partial charge on any atom is 0.115 e. The molecule has 2 rings (SSSR count). The molecule has 0 aliphatic heterocycles. The van der Waals surface area contributed by atoms with Crippen LogP contribution in [0.2, 0.25) is 5.15 Å². The topological polar surface area (TPSA) is 25.2 Å². The van der Waals surface area contributed by atoms with E-state index in [4.69, 9.17) is 11.6 Å². The third kappa shape index (κ3) is 1.22. The summed E-state index contributed by atoms with van der Waals surface area (Å²) in [6.07, 6.45) is -0.534. The highest BCUT2D eigenvalue weighted by Gasteiger charge is 2.16. The Labute approximate surface area is 87.7 Å². The highest BCUT2D eigenvalue weighted by Crippen LogP contribution is 2.33. The Morgan fingerprint density at radius 1 is 1.36 bits per heavy atom. The number of benzene rings is 1. The Bertz CT molecular complexity index is 473. The first-order valence-corrected chi connectivity index (χ1v) is 4.91. The maximum absolute atomic E-state index is 9.62. The Balaban J connectivity index is 2.88. The summed E-state index contributed by atoms with van der Waals surface area (Å²) in [4.78, 5) is 0. The van der Waals surface area contributed by atoms with Gasteiger partial charge in [0.25, 0.3) is 0 Å². The molecule has 1 aromatic heterocycles. The van der Waals surface area contributed by atoms with E-state index < -0.39 is 6.10 Å². The predicted octanol–water partition coefficient (Wildman–Crippen LogP) is 2.89. The molecule has 0 spiro atoms. The average Bonchev–Trinajstić information content (AvgIpc) is 2.41. The van der Waals surface area contributed by atoms with Crippen molar-refractivity contribution in [1.29, 1.82) is 0 Å². The van der Waals surface area contributed by atoms with Gasteiger partial charge < -0.3 is 9.67 Å². The number of aromatic nitrogens is 1. The quantitative estimate of drug-likeness (QED) is 0.768. The van der Waals surface area contributed by atoms with Crippen molar-refractivity contribution in [1.82, 2.24) is 4.57 Å². The van der Waals surface area contributed by atoms with Crippen LogP contribution in [0.25, 0.3) is 10.9 Å². The summed E-state index contributed by atoms with van der Waals surface area (Å²) >= 11 is 6.13. The van der Waals surface area contributed by atoms with Crippen LogP contribution in [0.15, 0.2) is 24.3 Å². The molecule has 0 fully saturated rings. The zero-order valence-electron chi connectivity index (χ0n) is 8.16. The molecule has 1 N–H and O–H groups in total. The Morgan fingerprint density at radius 2 is 2.00 bits per heavy atom. The van der Waals surface area contributed by atoms with Gasteiger partial charge in [0, 0.05) is 23.5 Å². The van der Waals surface area contributed by atoms with E-state index in [1.54, 1.807) is 6.92 Å². The number of aryl methyl sites for hydroxylation is 1. The van der Waals surface area contributed by atoms with Crippen molar-refractivity contribution in [3.8, 4) is 0 Å². The fourth-order valence-corrected chi connectivity index (χ4v) is 2.14.